The number of hydrogen-bond donors (Lipinski definition) is 0. The Morgan fingerprint density at radius 3 is 2.49 bits per heavy atom. The van der Waals surface area contributed by atoms with E-state index in [-0.39, 0.29) is 6.10 Å². The zero-order valence-electron chi connectivity index (χ0n) is 22.2. The Balaban J connectivity index is 1.39. The first-order chi connectivity index (χ1) is 19.1. The quantitative estimate of drug-likeness (QED) is 0.219. The van der Waals surface area contributed by atoms with Gasteiger partial charge in [0, 0.05) is 43.0 Å². The largest absolute Gasteiger partial charge is 0.486 e. The van der Waals surface area contributed by atoms with E-state index < -0.39 is 0 Å². The van der Waals surface area contributed by atoms with Crippen LogP contribution < -0.4 is 9.64 Å². The molecule has 1 aliphatic heterocycles. The van der Waals surface area contributed by atoms with Gasteiger partial charge in [-0.1, -0.05) is 54.1 Å². The van der Waals surface area contributed by atoms with E-state index in [0.717, 1.165) is 57.0 Å². The molecule has 1 fully saturated rings. The maximum absolute atomic E-state index is 6.63. The average Bonchev–Trinajstić information content (AvgIpc) is 2.97. The highest BCUT2D eigenvalue weighted by Gasteiger charge is 2.26. The summed E-state index contributed by atoms with van der Waals surface area (Å²) in [5.74, 6) is 1.88. The maximum atomic E-state index is 6.63. The molecule has 0 bridgehead atoms. The number of rotatable bonds is 4. The van der Waals surface area contributed by atoms with Crippen LogP contribution in [0.15, 0.2) is 85.1 Å². The van der Waals surface area contributed by atoms with Gasteiger partial charge in [-0.05, 0) is 101 Å². The first-order valence-electron chi connectivity index (χ1n) is 13.9. The minimum Gasteiger partial charge on any atom is -0.486 e. The van der Waals surface area contributed by atoms with Crippen molar-refractivity contribution < 1.29 is 4.74 Å². The van der Waals surface area contributed by atoms with E-state index in [1.54, 1.807) is 0 Å². The van der Waals surface area contributed by atoms with Crippen molar-refractivity contribution >= 4 is 39.0 Å². The van der Waals surface area contributed by atoms with E-state index >= 15 is 0 Å². The lowest BCUT2D eigenvalue weighted by Gasteiger charge is -2.33. The fraction of sp³-hybridized carbons (Fsp3) is 0.265. The molecule has 1 aromatic heterocycles. The molecule has 0 saturated carbocycles. The van der Waals surface area contributed by atoms with E-state index in [2.05, 4.69) is 71.4 Å². The van der Waals surface area contributed by atoms with Gasteiger partial charge in [-0.2, -0.15) is 0 Å². The van der Waals surface area contributed by atoms with Crippen molar-refractivity contribution in [3.8, 4) is 16.9 Å². The summed E-state index contributed by atoms with van der Waals surface area (Å²) in [6.07, 6.45) is 5.13. The van der Waals surface area contributed by atoms with Gasteiger partial charge in [0.15, 0.2) is 0 Å². The standard InChI is InChI=1S/C34H32ClN3O/c1-37-16-18-38(19-17-37)33-20-24(14-15-36-33)30-22-31-29(27-9-2-3-10-28(27)30)13-12-23-6-4-11-32(34(23)31)39-26-8-5-7-25(35)21-26/h2-3,5,7-10,12-15,20-22,32H,4,6,11,16-19H2,1H3. The van der Waals surface area contributed by atoms with Crippen LogP contribution in [0.5, 0.6) is 5.75 Å². The van der Waals surface area contributed by atoms with E-state index in [1.165, 1.54) is 43.8 Å². The van der Waals surface area contributed by atoms with Crippen molar-refractivity contribution in [3.05, 3.63) is 101 Å². The molecule has 0 spiro atoms. The van der Waals surface area contributed by atoms with Crippen LogP contribution >= 0.6 is 11.6 Å². The molecule has 39 heavy (non-hydrogen) atoms. The summed E-state index contributed by atoms with van der Waals surface area (Å²) >= 11 is 6.30. The van der Waals surface area contributed by atoms with Gasteiger partial charge in [0.2, 0.25) is 0 Å². The van der Waals surface area contributed by atoms with Crippen molar-refractivity contribution in [1.82, 2.24) is 9.88 Å². The van der Waals surface area contributed by atoms with Crippen LogP contribution in [0.4, 0.5) is 5.82 Å². The molecule has 0 N–H and O–H groups in total. The SMILES string of the molecule is CN1CCN(c2cc(-c3cc4c5c(ccc4c4ccccc34)CCCC5Oc3cccc(Cl)c3)ccn2)CC1. The average molecular weight is 534 g/mol. The number of halogens is 1. The Morgan fingerprint density at radius 2 is 1.64 bits per heavy atom. The molecule has 196 valence electrons. The van der Waals surface area contributed by atoms with E-state index in [0.29, 0.717) is 5.02 Å². The van der Waals surface area contributed by atoms with Crippen molar-refractivity contribution in [3.63, 3.8) is 0 Å². The van der Waals surface area contributed by atoms with Crippen molar-refractivity contribution in [2.24, 2.45) is 0 Å². The summed E-state index contributed by atoms with van der Waals surface area (Å²) in [6, 6.07) is 28.0. The van der Waals surface area contributed by atoms with E-state index in [4.69, 9.17) is 21.3 Å². The van der Waals surface area contributed by atoms with Gasteiger partial charge in [-0.15, -0.1) is 0 Å². The van der Waals surface area contributed by atoms with E-state index in [9.17, 15) is 0 Å². The number of aryl methyl sites for hydroxylation is 1. The zero-order valence-corrected chi connectivity index (χ0v) is 23.0. The second-order valence-electron chi connectivity index (χ2n) is 10.9. The molecule has 4 nitrogen and oxygen atoms in total. The molecule has 1 atom stereocenters. The summed E-state index contributed by atoms with van der Waals surface area (Å²) in [7, 11) is 2.19. The predicted molar refractivity (Wildman–Crippen MR) is 162 cm³/mol. The number of pyridine rings is 1. The van der Waals surface area contributed by atoms with Crippen LogP contribution in [0, 0.1) is 0 Å². The third kappa shape index (κ3) is 4.62. The molecular weight excluding hydrogens is 502 g/mol. The number of fused-ring (bicyclic) bond motifs is 5. The zero-order chi connectivity index (χ0) is 26.3. The lowest BCUT2D eigenvalue weighted by Crippen LogP contribution is -2.44. The molecule has 0 amide bonds. The lowest BCUT2D eigenvalue weighted by molar-refractivity contribution is 0.185. The summed E-state index contributed by atoms with van der Waals surface area (Å²) in [5, 5.41) is 5.80. The molecule has 1 unspecified atom stereocenters. The smallest absolute Gasteiger partial charge is 0.129 e. The number of benzene rings is 4. The summed E-state index contributed by atoms with van der Waals surface area (Å²) in [6.45, 7) is 4.12. The molecule has 7 rings (SSSR count). The number of nitrogens with zero attached hydrogens (tertiary/aromatic N) is 3. The normalized spacial score (nSPS) is 17.9. The highest BCUT2D eigenvalue weighted by Crippen LogP contribution is 2.43. The van der Waals surface area contributed by atoms with Gasteiger partial charge in [0.1, 0.15) is 17.7 Å². The van der Waals surface area contributed by atoms with Crippen LogP contribution in [0.1, 0.15) is 30.1 Å². The molecule has 4 aromatic carbocycles. The third-order valence-corrected chi connectivity index (χ3v) is 8.60. The van der Waals surface area contributed by atoms with Gasteiger partial charge in [-0.25, -0.2) is 4.98 Å². The molecular formula is C34H32ClN3O. The fourth-order valence-corrected chi connectivity index (χ4v) is 6.50. The van der Waals surface area contributed by atoms with Crippen LogP contribution in [-0.2, 0) is 6.42 Å². The van der Waals surface area contributed by atoms with Crippen LogP contribution in [0.2, 0.25) is 5.02 Å². The topological polar surface area (TPSA) is 28.6 Å². The Labute approximate surface area is 234 Å². The van der Waals surface area contributed by atoms with Crippen LogP contribution in [-0.4, -0.2) is 43.1 Å². The molecule has 2 aliphatic rings. The Hall–Kier alpha value is -3.60. The number of hydrogen-bond acceptors (Lipinski definition) is 4. The van der Waals surface area contributed by atoms with Crippen LogP contribution in [0.3, 0.4) is 0 Å². The molecule has 1 aliphatic carbocycles. The molecule has 5 aromatic rings. The number of aromatic nitrogens is 1. The second-order valence-corrected chi connectivity index (χ2v) is 11.3. The summed E-state index contributed by atoms with van der Waals surface area (Å²) in [5.41, 5.74) is 5.16. The fourth-order valence-electron chi connectivity index (χ4n) is 6.32. The summed E-state index contributed by atoms with van der Waals surface area (Å²) < 4.78 is 6.63. The molecule has 0 radical (unpaired) electrons. The number of piperazine rings is 1. The molecule has 1 saturated heterocycles. The van der Waals surface area contributed by atoms with Gasteiger partial charge in [0.05, 0.1) is 0 Å². The molecule has 2 heterocycles. The van der Waals surface area contributed by atoms with Crippen molar-refractivity contribution in [2.45, 2.75) is 25.4 Å². The highest BCUT2D eigenvalue weighted by molar-refractivity contribution is 6.30. The monoisotopic (exact) mass is 533 g/mol. The van der Waals surface area contributed by atoms with Gasteiger partial charge in [-0.3, -0.25) is 0 Å². The number of likely N-dealkylation sites (N-methyl/N-ethyl adjacent to an activating group) is 1. The minimum atomic E-state index is -0.0109. The van der Waals surface area contributed by atoms with Crippen molar-refractivity contribution in [1.29, 1.82) is 0 Å². The highest BCUT2D eigenvalue weighted by atomic mass is 35.5. The number of anilines is 1. The van der Waals surface area contributed by atoms with E-state index in [1.807, 2.05) is 30.5 Å². The lowest BCUT2D eigenvalue weighted by atomic mass is 9.83. The Bertz CT molecular complexity index is 1670. The summed E-state index contributed by atoms with van der Waals surface area (Å²) in [4.78, 5) is 9.55. The van der Waals surface area contributed by atoms with Crippen LogP contribution in [0.25, 0.3) is 32.7 Å². The van der Waals surface area contributed by atoms with Gasteiger partial charge >= 0.3 is 0 Å². The second kappa shape index (κ2) is 10.2. The van der Waals surface area contributed by atoms with Crippen molar-refractivity contribution in [2.75, 3.05) is 38.1 Å². The third-order valence-electron chi connectivity index (χ3n) is 8.37. The molecule has 5 heteroatoms. The Kier molecular flexibility index (Phi) is 6.38. The first-order valence-corrected chi connectivity index (χ1v) is 14.3. The maximum Gasteiger partial charge on any atom is 0.129 e. The minimum absolute atomic E-state index is 0.0109. The number of ether oxygens (including phenoxy) is 1. The van der Waals surface area contributed by atoms with Gasteiger partial charge < -0.3 is 14.5 Å². The van der Waals surface area contributed by atoms with Gasteiger partial charge in [0.25, 0.3) is 0 Å². The Morgan fingerprint density at radius 1 is 0.821 bits per heavy atom. The predicted octanol–water partition coefficient (Wildman–Crippen LogP) is 7.92. The first kappa shape index (κ1) is 24.4.